The lowest BCUT2D eigenvalue weighted by molar-refractivity contribution is -0.120. The fraction of sp³-hybridized carbons (Fsp3) is 0.261. The van der Waals surface area contributed by atoms with E-state index in [2.05, 4.69) is 20.2 Å². The van der Waals surface area contributed by atoms with Gasteiger partial charge in [-0.25, -0.2) is 14.4 Å². The molecule has 2 aromatic carbocycles. The third-order valence-electron chi connectivity index (χ3n) is 5.39. The molecule has 0 radical (unpaired) electrons. The van der Waals surface area contributed by atoms with Crippen LogP contribution in [0.1, 0.15) is 18.4 Å². The Labute approximate surface area is 169 Å². The van der Waals surface area contributed by atoms with Crippen molar-refractivity contribution < 1.29 is 9.18 Å². The molecule has 0 spiro atoms. The van der Waals surface area contributed by atoms with E-state index >= 15 is 0 Å². The maximum atomic E-state index is 13.2. The second-order valence-electron chi connectivity index (χ2n) is 7.33. The standard InChI is InChI=1S/C23H23FN4O/c1-16-4-2-3-5-20(16)27-23(29)18-10-12-28(13-11-18)22-14-21(25-15-26-22)17-6-8-19(24)9-7-17/h2-9,14-15,18H,10-13H2,1H3,(H,27,29). The smallest absolute Gasteiger partial charge is 0.227 e. The van der Waals surface area contributed by atoms with Crippen LogP contribution in [-0.4, -0.2) is 29.0 Å². The molecule has 1 fully saturated rings. The molecule has 0 unspecified atom stereocenters. The zero-order valence-electron chi connectivity index (χ0n) is 16.3. The van der Waals surface area contributed by atoms with E-state index < -0.39 is 0 Å². The van der Waals surface area contributed by atoms with Crippen LogP contribution in [0.4, 0.5) is 15.9 Å². The number of rotatable bonds is 4. The highest BCUT2D eigenvalue weighted by Crippen LogP contribution is 2.26. The fourth-order valence-corrected chi connectivity index (χ4v) is 3.62. The zero-order chi connectivity index (χ0) is 20.2. The van der Waals surface area contributed by atoms with E-state index in [1.165, 1.54) is 18.5 Å². The Morgan fingerprint density at radius 3 is 2.52 bits per heavy atom. The van der Waals surface area contributed by atoms with Crippen molar-refractivity contribution in [3.8, 4) is 11.3 Å². The van der Waals surface area contributed by atoms with Gasteiger partial charge in [-0.3, -0.25) is 4.79 Å². The molecule has 1 aromatic heterocycles. The molecule has 0 bridgehead atoms. The Balaban J connectivity index is 1.39. The number of para-hydroxylation sites is 1. The summed E-state index contributed by atoms with van der Waals surface area (Å²) in [6, 6.07) is 16.0. The molecule has 1 saturated heterocycles. The summed E-state index contributed by atoms with van der Waals surface area (Å²) in [7, 11) is 0. The van der Waals surface area contributed by atoms with Crippen molar-refractivity contribution >= 4 is 17.4 Å². The van der Waals surface area contributed by atoms with Crippen molar-refractivity contribution in [1.29, 1.82) is 0 Å². The van der Waals surface area contributed by atoms with Gasteiger partial charge >= 0.3 is 0 Å². The number of nitrogens with zero attached hydrogens (tertiary/aromatic N) is 3. The summed E-state index contributed by atoms with van der Waals surface area (Å²) in [4.78, 5) is 23.5. The van der Waals surface area contributed by atoms with E-state index in [0.29, 0.717) is 0 Å². The van der Waals surface area contributed by atoms with Crippen molar-refractivity contribution in [3.05, 3.63) is 72.3 Å². The van der Waals surface area contributed by atoms with Crippen LogP contribution in [-0.2, 0) is 4.79 Å². The molecule has 0 saturated carbocycles. The topological polar surface area (TPSA) is 58.1 Å². The summed E-state index contributed by atoms with van der Waals surface area (Å²) in [5.74, 6) is 0.629. The number of carbonyl (C=O) groups excluding carboxylic acids is 1. The lowest BCUT2D eigenvalue weighted by Gasteiger charge is -2.32. The third kappa shape index (κ3) is 4.42. The van der Waals surface area contributed by atoms with Crippen LogP contribution in [0.15, 0.2) is 60.9 Å². The minimum atomic E-state index is -0.269. The molecule has 2 heterocycles. The first-order valence-corrected chi connectivity index (χ1v) is 9.79. The predicted octanol–water partition coefficient (Wildman–Crippen LogP) is 4.45. The largest absolute Gasteiger partial charge is 0.356 e. The molecule has 1 aliphatic heterocycles. The molecular weight excluding hydrogens is 367 g/mol. The summed E-state index contributed by atoms with van der Waals surface area (Å²) >= 11 is 0. The first kappa shape index (κ1) is 19.1. The Bertz CT molecular complexity index is 998. The van der Waals surface area contributed by atoms with E-state index in [1.54, 1.807) is 12.1 Å². The van der Waals surface area contributed by atoms with Crippen LogP contribution in [0.3, 0.4) is 0 Å². The van der Waals surface area contributed by atoms with Crippen LogP contribution in [0.2, 0.25) is 0 Å². The van der Waals surface area contributed by atoms with Gasteiger partial charge in [-0.2, -0.15) is 0 Å². The molecule has 6 heteroatoms. The highest BCUT2D eigenvalue weighted by Gasteiger charge is 2.26. The molecule has 29 heavy (non-hydrogen) atoms. The number of piperidine rings is 1. The molecule has 1 amide bonds. The van der Waals surface area contributed by atoms with E-state index in [-0.39, 0.29) is 17.6 Å². The van der Waals surface area contributed by atoms with Crippen LogP contribution in [0.5, 0.6) is 0 Å². The van der Waals surface area contributed by atoms with E-state index in [4.69, 9.17) is 0 Å². The van der Waals surface area contributed by atoms with Gasteiger partial charge in [0.05, 0.1) is 5.69 Å². The van der Waals surface area contributed by atoms with Gasteiger partial charge in [-0.1, -0.05) is 18.2 Å². The Kier molecular flexibility index (Phi) is 5.51. The minimum absolute atomic E-state index is 0.00994. The number of halogens is 1. The summed E-state index contributed by atoms with van der Waals surface area (Å²) in [6.45, 7) is 3.50. The number of nitrogens with one attached hydrogen (secondary N) is 1. The molecule has 1 aliphatic rings. The SMILES string of the molecule is Cc1ccccc1NC(=O)C1CCN(c2cc(-c3ccc(F)cc3)ncn2)CC1. The monoisotopic (exact) mass is 390 g/mol. The molecule has 0 atom stereocenters. The summed E-state index contributed by atoms with van der Waals surface area (Å²) in [6.07, 6.45) is 3.08. The number of hydrogen-bond donors (Lipinski definition) is 1. The number of hydrogen-bond acceptors (Lipinski definition) is 4. The van der Waals surface area contributed by atoms with Crippen molar-refractivity contribution in [3.63, 3.8) is 0 Å². The van der Waals surface area contributed by atoms with Crippen LogP contribution >= 0.6 is 0 Å². The molecular formula is C23H23FN4O. The average Bonchev–Trinajstić information content (AvgIpc) is 2.76. The highest BCUT2D eigenvalue weighted by atomic mass is 19.1. The number of anilines is 2. The molecule has 1 N–H and O–H groups in total. The fourth-order valence-electron chi connectivity index (χ4n) is 3.62. The molecule has 5 nitrogen and oxygen atoms in total. The molecule has 0 aliphatic carbocycles. The predicted molar refractivity (Wildman–Crippen MR) is 112 cm³/mol. The van der Waals surface area contributed by atoms with Gasteiger partial charge in [-0.05, 0) is 55.7 Å². The number of aryl methyl sites for hydroxylation is 1. The van der Waals surface area contributed by atoms with Crippen molar-refractivity contribution in [1.82, 2.24) is 9.97 Å². The molecule has 3 aromatic rings. The van der Waals surface area contributed by atoms with Crippen molar-refractivity contribution in [2.75, 3.05) is 23.3 Å². The first-order chi connectivity index (χ1) is 14.1. The number of amides is 1. The van der Waals surface area contributed by atoms with Gasteiger partial charge < -0.3 is 10.2 Å². The van der Waals surface area contributed by atoms with Gasteiger partial charge in [0, 0.05) is 36.3 Å². The van der Waals surface area contributed by atoms with Gasteiger partial charge in [0.1, 0.15) is 18.0 Å². The van der Waals surface area contributed by atoms with E-state index in [0.717, 1.165) is 54.3 Å². The van der Waals surface area contributed by atoms with Crippen LogP contribution in [0, 0.1) is 18.7 Å². The lowest BCUT2D eigenvalue weighted by Crippen LogP contribution is -2.38. The number of benzene rings is 2. The maximum absolute atomic E-state index is 13.2. The van der Waals surface area contributed by atoms with Gasteiger partial charge in [-0.15, -0.1) is 0 Å². The highest BCUT2D eigenvalue weighted by molar-refractivity contribution is 5.93. The number of carbonyl (C=O) groups is 1. The van der Waals surface area contributed by atoms with Crippen LogP contribution < -0.4 is 10.2 Å². The summed E-state index contributed by atoms with van der Waals surface area (Å²) in [5, 5.41) is 3.06. The molecule has 148 valence electrons. The van der Waals surface area contributed by atoms with Gasteiger partial charge in [0.2, 0.25) is 5.91 Å². The summed E-state index contributed by atoms with van der Waals surface area (Å²) < 4.78 is 13.2. The number of aromatic nitrogens is 2. The quantitative estimate of drug-likeness (QED) is 0.715. The maximum Gasteiger partial charge on any atom is 0.227 e. The van der Waals surface area contributed by atoms with Gasteiger partial charge in [0.15, 0.2) is 0 Å². The Hall–Kier alpha value is -3.28. The van der Waals surface area contributed by atoms with E-state index in [1.807, 2.05) is 37.3 Å². The average molecular weight is 390 g/mol. The van der Waals surface area contributed by atoms with Crippen molar-refractivity contribution in [2.45, 2.75) is 19.8 Å². The zero-order valence-corrected chi connectivity index (χ0v) is 16.3. The Morgan fingerprint density at radius 1 is 1.07 bits per heavy atom. The van der Waals surface area contributed by atoms with Crippen molar-refractivity contribution in [2.24, 2.45) is 5.92 Å². The summed E-state index contributed by atoms with van der Waals surface area (Å²) in [5.41, 5.74) is 3.55. The third-order valence-corrected chi connectivity index (χ3v) is 5.39. The first-order valence-electron chi connectivity index (χ1n) is 9.79. The van der Waals surface area contributed by atoms with E-state index in [9.17, 15) is 9.18 Å². The second-order valence-corrected chi connectivity index (χ2v) is 7.33. The lowest BCUT2D eigenvalue weighted by atomic mass is 9.95. The Morgan fingerprint density at radius 2 is 1.79 bits per heavy atom. The van der Waals surface area contributed by atoms with Crippen LogP contribution in [0.25, 0.3) is 11.3 Å². The minimum Gasteiger partial charge on any atom is -0.356 e. The second kappa shape index (κ2) is 8.39. The normalized spacial score (nSPS) is 14.6. The molecule has 4 rings (SSSR count). The van der Waals surface area contributed by atoms with Gasteiger partial charge in [0.25, 0.3) is 0 Å².